The Morgan fingerprint density at radius 3 is 2.62 bits per heavy atom. The Bertz CT molecular complexity index is 532. The van der Waals surface area contributed by atoms with E-state index in [0.717, 1.165) is 17.7 Å². The summed E-state index contributed by atoms with van der Waals surface area (Å²) in [5, 5.41) is 14.1. The van der Waals surface area contributed by atoms with Crippen molar-refractivity contribution in [2.75, 3.05) is 11.9 Å². The topological polar surface area (TPSA) is 92.9 Å². The van der Waals surface area contributed by atoms with Crippen molar-refractivity contribution >= 4 is 28.9 Å². The fourth-order valence-electron chi connectivity index (χ4n) is 1.78. The molecule has 7 heteroatoms. The lowest BCUT2D eigenvalue weighted by molar-refractivity contribution is -0.121. The molecule has 0 aromatic carbocycles. The highest BCUT2D eigenvalue weighted by atomic mass is 32.1. The summed E-state index contributed by atoms with van der Waals surface area (Å²) in [6.07, 6.45) is 1.27. The fourth-order valence-corrected chi connectivity index (χ4v) is 2.03. The zero-order valence-electron chi connectivity index (χ0n) is 13.0. The number of thiocarbonyl (C=S) groups is 1. The largest absolute Gasteiger partial charge is 0.389 e. The zero-order chi connectivity index (χ0) is 16.0. The minimum Gasteiger partial charge on any atom is -0.389 e. The summed E-state index contributed by atoms with van der Waals surface area (Å²) in [6.45, 7) is 8.22. The van der Waals surface area contributed by atoms with E-state index < -0.39 is 0 Å². The van der Waals surface area contributed by atoms with Crippen LogP contribution in [0.1, 0.15) is 43.5 Å². The summed E-state index contributed by atoms with van der Waals surface area (Å²) in [5.41, 5.74) is 8.13. The molecule has 1 aromatic heterocycles. The van der Waals surface area contributed by atoms with E-state index >= 15 is 0 Å². The van der Waals surface area contributed by atoms with E-state index in [1.807, 2.05) is 27.7 Å². The van der Waals surface area contributed by atoms with Crippen molar-refractivity contribution in [1.29, 1.82) is 0 Å². The Morgan fingerprint density at radius 1 is 1.38 bits per heavy atom. The van der Waals surface area contributed by atoms with Gasteiger partial charge in [0, 0.05) is 19.0 Å². The number of carbonyl (C=O) groups excluding carboxylic acids is 1. The number of nitrogens with zero attached hydrogens (tertiary/aromatic N) is 2. The Kier molecular flexibility index (Phi) is 6.48. The van der Waals surface area contributed by atoms with E-state index in [1.54, 1.807) is 0 Å². The molecule has 1 aromatic rings. The first kappa shape index (κ1) is 17.3. The number of amides is 1. The number of nitrogens with one attached hydrogen (secondary N) is 2. The van der Waals surface area contributed by atoms with E-state index in [2.05, 4.69) is 20.8 Å². The molecular formula is C14H23N5OS. The summed E-state index contributed by atoms with van der Waals surface area (Å²) in [7, 11) is 0. The van der Waals surface area contributed by atoms with Crippen molar-refractivity contribution in [1.82, 2.24) is 15.5 Å². The molecular weight excluding hydrogens is 286 g/mol. The first-order chi connectivity index (χ1) is 9.86. The van der Waals surface area contributed by atoms with Crippen molar-refractivity contribution in [3.05, 3.63) is 16.8 Å². The third-order valence-corrected chi connectivity index (χ3v) is 3.57. The van der Waals surface area contributed by atoms with Gasteiger partial charge < -0.3 is 16.4 Å². The second-order valence-electron chi connectivity index (χ2n) is 5.05. The van der Waals surface area contributed by atoms with Gasteiger partial charge in [0.1, 0.15) is 4.99 Å². The predicted octanol–water partition coefficient (Wildman–Crippen LogP) is 1.44. The predicted molar refractivity (Wildman–Crippen MR) is 88.4 cm³/mol. The van der Waals surface area contributed by atoms with Gasteiger partial charge in [-0.25, -0.2) is 0 Å². The van der Waals surface area contributed by atoms with Crippen LogP contribution in [-0.2, 0) is 4.79 Å². The van der Waals surface area contributed by atoms with Crippen molar-refractivity contribution < 1.29 is 4.79 Å². The maximum Gasteiger partial charge on any atom is 0.221 e. The second-order valence-corrected chi connectivity index (χ2v) is 5.49. The van der Waals surface area contributed by atoms with E-state index in [9.17, 15) is 4.79 Å². The van der Waals surface area contributed by atoms with Crippen molar-refractivity contribution in [2.45, 2.75) is 46.6 Å². The molecule has 0 saturated carbocycles. The van der Waals surface area contributed by atoms with Crippen LogP contribution in [0.2, 0.25) is 0 Å². The number of aromatic nitrogens is 2. The van der Waals surface area contributed by atoms with Crippen LogP contribution >= 0.6 is 12.2 Å². The van der Waals surface area contributed by atoms with Gasteiger partial charge in [-0.2, -0.15) is 5.10 Å². The smallest absolute Gasteiger partial charge is 0.221 e. The summed E-state index contributed by atoms with van der Waals surface area (Å²) in [5.74, 6) is 0.535. The van der Waals surface area contributed by atoms with Crippen molar-refractivity contribution in [3.63, 3.8) is 0 Å². The molecule has 1 amide bonds. The van der Waals surface area contributed by atoms with Crippen LogP contribution in [0.3, 0.4) is 0 Å². The Morgan fingerprint density at radius 2 is 2.05 bits per heavy atom. The number of rotatable bonds is 7. The van der Waals surface area contributed by atoms with Crippen LogP contribution in [0.25, 0.3) is 0 Å². The second kappa shape index (κ2) is 7.87. The summed E-state index contributed by atoms with van der Waals surface area (Å²) in [4.78, 5) is 12.0. The highest BCUT2D eigenvalue weighted by molar-refractivity contribution is 7.80. The first-order valence-electron chi connectivity index (χ1n) is 7.03. The highest BCUT2D eigenvalue weighted by Gasteiger charge is 2.13. The van der Waals surface area contributed by atoms with Crippen LogP contribution in [0, 0.1) is 13.8 Å². The Hall–Kier alpha value is -1.76. The number of anilines is 1. The molecule has 0 bridgehead atoms. The van der Waals surface area contributed by atoms with Gasteiger partial charge in [-0.05, 0) is 32.8 Å². The van der Waals surface area contributed by atoms with E-state index in [1.165, 1.54) is 0 Å². The number of hydrogen-bond donors (Lipinski definition) is 3. The molecule has 4 N–H and O–H groups in total. The zero-order valence-corrected chi connectivity index (χ0v) is 13.8. The Labute approximate surface area is 130 Å². The van der Waals surface area contributed by atoms with Crippen LogP contribution in [-0.4, -0.2) is 33.7 Å². The molecule has 116 valence electrons. The molecule has 1 atom stereocenters. The molecule has 0 saturated heterocycles. The SMILES string of the molecule is CCC(C)NC(=O)CCNc1nnc(C)c(C)c1C(N)=S. The maximum absolute atomic E-state index is 11.7. The summed E-state index contributed by atoms with van der Waals surface area (Å²) >= 11 is 5.06. The first-order valence-corrected chi connectivity index (χ1v) is 7.44. The van der Waals surface area contributed by atoms with Crippen LogP contribution in [0.5, 0.6) is 0 Å². The molecule has 1 unspecified atom stereocenters. The van der Waals surface area contributed by atoms with Crippen LogP contribution in [0.4, 0.5) is 5.82 Å². The molecule has 1 rings (SSSR count). The van der Waals surface area contributed by atoms with Gasteiger partial charge in [0.15, 0.2) is 5.82 Å². The number of carbonyl (C=O) groups is 1. The van der Waals surface area contributed by atoms with E-state index in [4.69, 9.17) is 18.0 Å². The maximum atomic E-state index is 11.7. The lowest BCUT2D eigenvalue weighted by atomic mass is 10.1. The van der Waals surface area contributed by atoms with E-state index in [-0.39, 0.29) is 16.9 Å². The van der Waals surface area contributed by atoms with Gasteiger partial charge in [-0.1, -0.05) is 19.1 Å². The molecule has 0 fully saturated rings. The van der Waals surface area contributed by atoms with Crippen molar-refractivity contribution in [3.8, 4) is 0 Å². The third kappa shape index (κ3) is 4.93. The molecule has 0 aliphatic carbocycles. The quantitative estimate of drug-likeness (QED) is 0.660. The molecule has 0 aliphatic heterocycles. The number of nitrogens with two attached hydrogens (primary N) is 1. The summed E-state index contributed by atoms with van der Waals surface area (Å²) in [6, 6.07) is 0.186. The fraction of sp³-hybridized carbons (Fsp3) is 0.571. The number of aryl methyl sites for hydroxylation is 1. The molecule has 0 aliphatic rings. The van der Waals surface area contributed by atoms with Gasteiger partial charge in [0.05, 0.1) is 11.3 Å². The molecule has 0 spiro atoms. The number of hydrogen-bond acceptors (Lipinski definition) is 5. The van der Waals surface area contributed by atoms with Crippen LogP contribution < -0.4 is 16.4 Å². The minimum absolute atomic E-state index is 0.00511. The lowest BCUT2D eigenvalue weighted by Crippen LogP contribution is -2.33. The monoisotopic (exact) mass is 309 g/mol. The standard InChI is InChI=1S/C14H23N5OS/c1-5-8(2)17-11(20)6-7-16-14-12(13(15)21)9(3)10(4)18-19-14/h8H,5-7H2,1-4H3,(H2,15,21)(H,16,19)(H,17,20). The summed E-state index contributed by atoms with van der Waals surface area (Å²) < 4.78 is 0. The molecule has 21 heavy (non-hydrogen) atoms. The normalized spacial score (nSPS) is 11.8. The van der Waals surface area contributed by atoms with Crippen LogP contribution in [0.15, 0.2) is 0 Å². The third-order valence-electron chi connectivity index (χ3n) is 3.37. The van der Waals surface area contributed by atoms with Gasteiger partial charge in [0.2, 0.25) is 5.91 Å². The Balaban J connectivity index is 2.66. The van der Waals surface area contributed by atoms with Gasteiger partial charge in [-0.3, -0.25) is 4.79 Å². The van der Waals surface area contributed by atoms with E-state index in [0.29, 0.717) is 24.3 Å². The van der Waals surface area contributed by atoms with Gasteiger partial charge >= 0.3 is 0 Å². The molecule has 0 radical (unpaired) electrons. The average molecular weight is 309 g/mol. The van der Waals surface area contributed by atoms with Crippen molar-refractivity contribution in [2.24, 2.45) is 5.73 Å². The average Bonchev–Trinajstić information content (AvgIpc) is 2.42. The van der Waals surface area contributed by atoms with Gasteiger partial charge in [0.25, 0.3) is 0 Å². The minimum atomic E-state index is 0.00511. The molecule has 6 nitrogen and oxygen atoms in total. The highest BCUT2D eigenvalue weighted by Crippen LogP contribution is 2.18. The molecule has 1 heterocycles. The lowest BCUT2D eigenvalue weighted by Gasteiger charge is -2.14. The van der Waals surface area contributed by atoms with Gasteiger partial charge in [-0.15, -0.1) is 5.10 Å².